The molecule has 5 heteroatoms. The normalized spacial score (nSPS) is 14.0. The predicted molar refractivity (Wildman–Crippen MR) is 78.6 cm³/mol. The first kappa shape index (κ1) is 13.7. The first-order chi connectivity index (χ1) is 10.1. The van der Waals surface area contributed by atoms with Gasteiger partial charge in [-0.05, 0) is 50.3 Å². The molecule has 1 aliphatic rings. The molecule has 1 aromatic carbocycles. The topological polar surface area (TPSA) is 82.5 Å². The van der Waals surface area contributed by atoms with Crippen LogP contribution >= 0.6 is 0 Å². The Morgan fingerprint density at radius 1 is 1.29 bits per heavy atom. The number of rotatable bonds is 3. The standard InChI is InChI=1S/C16H17NO4/c1-9-13(20-8-14(17)18)7-6-11-10-4-2-3-5-12(10)16(19)21-15(9)11/h6-7H,2-5,8H2,1H3,(H2,17,18). The number of hydrogen-bond acceptors (Lipinski definition) is 4. The van der Waals surface area contributed by atoms with Crippen LogP contribution in [0.2, 0.25) is 0 Å². The minimum absolute atomic E-state index is 0.193. The van der Waals surface area contributed by atoms with Crippen LogP contribution < -0.4 is 16.1 Å². The van der Waals surface area contributed by atoms with Gasteiger partial charge in [0.2, 0.25) is 0 Å². The molecular weight excluding hydrogens is 270 g/mol. The molecule has 5 nitrogen and oxygen atoms in total. The van der Waals surface area contributed by atoms with E-state index < -0.39 is 5.91 Å². The second kappa shape index (κ2) is 5.24. The van der Waals surface area contributed by atoms with Crippen LogP contribution in [-0.2, 0) is 17.6 Å². The Hall–Kier alpha value is -2.30. The van der Waals surface area contributed by atoms with Crippen molar-refractivity contribution in [2.24, 2.45) is 5.73 Å². The van der Waals surface area contributed by atoms with E-state index in [1.165, 1.54) is 0 Å². The highest BCUT2D eigenvalue weighted by atomic mass is 16.5. The maximum absolute atomic E-state index is 12.1. The number of hydrogen-bond donors (Lipinski definition) is 1. The molecule has 110 valence electrons. The largest absolute Gasteiger partial charge is 0.483 e. The van der Waals surface area contributed by atoms with E-state index in [-0.39, 0.29) is 12.2 Å². The molecule has 0 aliphatic heterocycles. The summed E-state index contributed by atoms with van der Waals surface area (Å²) in [6.45, 7) is 1.62. The Kier molecular flexibility index (Phi) is 3.41. The summed E-state index contributed by atoms with van der Waals surface area (Å²) in [5.41, 5.74) is 7.99. The van der Waals surface area contributed by atoms with E-state index in [4.69, 9.17) is 14.9 Å². The zero-order valence-electron chi connectivity index (χ0n) is 11.9. The fourth-order valence-electron chi connectivity index (χ4n) is 2.93. The van der Waals surface area contributed by atoms with Crippen molar-refractivity contribution in [2.45, 2.75) is 32.6 Å². The summed E-state index contributed by atoms with van der Waals surface area (Å²) in [6.07, 6.45) is 3.80. The van der Waals surface area contributed by atoms with Gasteiger partial charge in [0.05, 0.1) is 0 Å². The predicted octanol–water partition coefficient (Wildman–Crippen LogP) is 1.84. The van der Waals surface area contributed by atoms with Crippen LogP contribution in [0.5, 0.6) is 5.75 Å². The van der Waals surface area contributed by atoms with Crippen LogP contribution in [0.3, 0.4) is 0 Å². The molecule has 1 aromatic heterocycles. The van der Waals surface area contributed by atoms with Crippen LogP contribution in [0.4, 0.5) is 0 Å². The molecule has 0 saturated carbocycles. The molecule has 0 saturated heterocycles. The smallest absolute Gasteiger partial charge is 0.339 e. The maximum atomic E-state index is 12.1. The lowest BCUT2D eigenvalue weighted by Gasteiger charge is -2.17. The van der Waals surface area contributed by atoms with Gasteiger partial charge >= 0.3 is 5.63 Å². The zero-order chi connectivity index (χ0) is 15.0. The lowest BCUT2D eigenvalue weighted by Crippen LogP contribution is -2.20. The summed E-state index contributed by atoms with van der Waals surface area (Å²) >= 11 is 0. The molecule has 0 atom stereocenters. The average molecular weight is 287 g/mol. The number of fused-ring (bicyclic) bond motifs is 3. The van der Waals surface area contributed by atoms with Gasteiger partial charge in [-0.3, -0.25) is 4.79 Å². The van der Waals surface area contributed by atoms with Gasteiger partial charge in [-0.15, -0.1) is 0 Å². The minimum atomic E-state index is -0.540. The van der Waals surface area contributed by atoms with E-state index in [1.54, 1.807) is 6.07 Å². The van der Waals surface area contributed by atoms with Gasteiger partial charge in [-0.25, -0.2) is 4.79 Å². The Morgan fingerprint density at radius 2 is 2.00 bits per heavy atom. The zero-order valence-corrected chi connectivity index (χ0v) is 11.9. The van der Waals surface area contributed by atoms with Crippen LogP contribution in [0, 0.1) is 6.92 Å². The Bertz CT molecular complexity index is 776. The number of carbonyl (C=O) groups is 1. The molecule has 0 bridgehead atoms. The molecular formula is C16H17NO4. The molecule has 1 heterocycles. The summed E-state index contributed by atoms with van der Waals surface area (Å²) < 4.78 is 10.8. The third-order valence-electron chi connectivity index (χ3n) is 3.96. The van der Waals surface area contributed by atoms with Crippen LogP contribution in [0.1, 0.15) is 29.5 Å². The van der Waals surface area contributed by atoms with Crippen LogP contribution in [-0.4, -0.2) is 12.5 Å². The summed E-state index contributed by atoms with van der Waals surface area (Å²) in [7, 11) is 0. The lowest BCUT2D eigenvalue weighted by atomic mass is 9.90. The SMILES string of the molecule is Cc1c(OCC(N)=O)ccc2c3c(c(=O)oc12)CCCC3. The first-order valence-electron chi connectivity index (χ1n) is 7.07. The van der Waals surface area contributed by atoms with E-state index in [2.05, 4.69) is 0 Å². The quantitative estimate of drug-likeness (QED) is 0.873. The van der Waals surface area contributed by atoms with Crippen molar-refractivity contribution >= 4 is 16.9 Å². The summed E-state index contributed by atoms with van der Waals surface area (Å²) in [5.74, 6) is -0.0263. The fourth-order valence-corrected chi connectivity index (χ4v) is 2.93. The molecule has 3 rings (SSSR count). The number of ether oxygens (including phenoxy) is 1. The van der Waals surface area contributed by atoms with E-state index >= 15 is 0 Å². The van der Waals surface area contributed by atoms with Crippen molar-refractivity contribution in [3.8, 4) is 5.75 Å². The van der Waals surface area contributed by atoms with E-state index in [0.717, 1.165) is 47.8 Å². The molecule has 0 fully saturated rings. The Morgan fingerprint density at radius 3 is 2.71 bits per heavy atom. The molecule has 21 heavy (non-hydrogen) atoms. The fraction of sp³-hybridized carbons (Fsp3) is 0.375. The third-order valence-corrected chi connectivity index (χ3v) is 3.96. The minimum Gasteiger partial charge on any atom is -0.483 e. The molecule has 0 radical (unpaired) electrons. The Labute approximate surface area is 121 Å². The number of benzene rings is 1. The van der Waals surface area contributed by atoms with Crippen molar-refractivity contribution in [1.82, 2.24) is 0 Å². The van der Waals surface area contributed by atoms with Gasteiger partial charge in [0.25, 0.3) is 5.91 Å². The second-order valence-electron chi connectivity index (χ2n) is 5.37. The van der Waals surface area contributed by atoms with Crippen molar-refractivity contribution < 1.29 is 13.9 Å². The maximum Gasteiger partial charge on any atom is 0.339 e. The lowest BCUT2D eigenvalue weighted by molar-refractivity contribution is -0.119. The van der Waals surface area contributed by atoms with E-state index in [1.807, 2.05) is 13.0 Å². The van der Waals surface area contributed by atoms with Crippen molar-refractivity contribution in [2.75, 3.05) is 6.61 Å². The van der Waals surface area contributed by atoms with Gasteiger partial charge < -0.3 is 14.9 Å². The first-order valence-corrected chi connectivity index (χ1v) is 7.07. The number of nitrogens with two attached hydrogens (primary N) is 1. The highest BCUT2D eigenvalue weighted by molar-refractivity contribution is 5.86. The highest BCUT2D eigenvalue weighted by Gasteiger charge is 2.20. The van der Waals surface area contributed by atoms with Crippen molar-refractivity contribution in [3.05, 3.63) is 39.2 Å². The third kappa shape index (κ3) is 2.39. The summed E-state index contributed by atoms with van der Waals surface area (Å²) in [5, 5.41) is 0.966. The number of amides is 1. The molecule has 0 spiro atoms. The van der Waals surface area contributed by atoms with Crippen LogP contribution in [0.25, 0.3) is 11.0 Å². The van der Waals surface area contributed by atoms with Crippen molar-refractivity contribution in [3.63, 3.8) is 0 Å². The molecule has 1 amide bonds. The highest BCUT2D eigenvalue weighted by Crippen LogP contribution is 2.32. The van der Waals surface area contributed by atoms with Crippen LogP contribution in [0.15, 0.2) is 21.3 Å². The van der Waals surface area contributed by atoms with Gasteiger partial charge in [0, 0.05) is 16.5 Å². The van der Waals surface area contributed by atoms with Gasteiger partial charge in [-0.2, -0.15) is 0 Å². The molecule has 2 N–H and O–H groups in total. The van der Waals surface area contributed by atoms with Gasteiger partial charge in [0.15, 0.2) is 6.61 Å². The molecule has 1 aliphatic carbocycles. The number of aryl methyl sites for hydroxylation is 2. The van der Waals surface area contributed by atoms with Gasteiger partial charge in [0.1, 0.15) is 11.3 Å². The van der Waals surface area contributed by atoms with Crippen molar-refractivity contribution in [1.29, 1.82) is 0 Å². The summed E-state index contributed by atoms with van der Waals surface area (Å²) in [6, 6.07) is 3.70. The Balaban J connectivity index is 2.16. The van der Waals surface area contributed by atoms with E-state index in [9.17, 15) is 9.59 Å². The van der Waals surface area contributed by atoms with E-state index in [0.29, 0.717) is 11.3 Å². The monoisotopic (exact) mass is 287 g/mol. The molecule has 0 unspecified atom stereocenters. The number of primary amides is 1. The summed E-state index contributed by atoms with van der Waals surface area (Å²) in [4.78, 5) is 22.9. The average Bonchev–Trinajstić information content (AvgIpc) is 2.47. The van der Waals surface area contributed by atoms with Gasteiger partial charge in [-0.1, -0.05) is 0 Å². The second-order valence-corrected chi connectivity index (χ2v) is 5.37. The number of carbonyl (C=O) groups excluding carboxylic acids is 1. The molecule has 2 aromatic rings.